The van der Waals surface area contributed by atoms with Crippen molar-refractivity contribution >= 4 is 5.91 Å². The molecular formula is C21H31N3O. The number of nitrogens with two attached hydrogens (primary N) is 1. The second kappa shape index (κ2) is 7.46. The summed E-state index contributed by atoms with van der Waals surface area (Å²) in [6, 6.07) is 9.28. The van der Waals surface area contributed by atoms with Gasteiger partial charge in [-0.25, -0.2) is 0 Å². The molecule has 4 fully saturated rings. The summed E-state index contributed by atoms with van der Waals surface area (Å²) in [5.41, 5.74) is 8.29. The summed E-state index contributed by atoms with van der Waals surface area (Å²) in [5, 5.41) is 0. The summed E-state index contributed by atoms with van der Waals surface area (Å²) in [5.74, 6) is 1.42. The Morgan fingerprint density at radius 2 is 1.76 bits per heavy atom. The second-order valence-corrected chi connectivity index (χ2v) is 8.26. The Morgan fingerprint density at radius 1 is 1.00 bits per heavy atom. The van der Waals surface area contributed by atoms with Crippen molar-refractivity contribution in [2.24, 2.45) is 17.6 Å². The van der Waals surface area contributed by atoms with Crippen molar-refractivity contribution in [3.8, 4) is 0 Å². The number of nitrogens with zero attached hydrogens (tertiary/aromatic N) is 2. The normalized spacial score (nSPS) is 27.4. The molecular weight excluding hydrogens is 310 g/mol. The zero-order valence-electron chi connectivity index (χ0n) is 15.2. The van der Waals surface area contributed by atoms with Crippen LogP contribution in [0.2, 0.25) is 0 Å². The number of fused-ring (bicyclic) bond motifs is 4. The number of carbonyl (C=O) groups is 1. The molecule has 4 heteroatoms. The van der Waals surface area contributed by atoms with Crippen LogP contribution in [0.5, 0.6) is 0 Å². The van der Waals surface area contributed by atoms with Crippen molar-refractivity contribution in [3.63, 3.8) is 0 Å². The van der Waals surface area contributed by atoms with Gasteiger partial charge in [-0.3, -0.25) is 9.69 Å². The highest BCUT2D eigenvalue weighted by Crippen LogP contribution is 2.34. The van der Waals surface area contributed by atoms with Crippen LogP contribution >= 0.6 is 0 Å². The van der Waals surface area contributed by atoms with E-state index in [1.165, 1.54) is 36.8 Å². The van der Waals surface area contributed by atoms with Crippen LogP contribution < -0.4 is 5.73 Å². The van der Waals surface area contributed by atoms with Gasteiger partial charge in [0.1, 0.15) is 0 Å². The van der Waals surface area contributed by atoms with Gasteiger partial charge in [0.25, 0.3) is 0 Å². The first kappa shape index (κ1) is 17.0. The molecule has 1 aromatic rings. The first-order valence-corrected chi connectivity index (χ1v) is 10.0. The lowest BCUT2D eigenvalue weighted by atomic mass is 9.83. The van der Waals surface area contributed by atoms with Gasteiger partial charge in [0, 0.05) is 32.2 Å². The topological polar surface area (TPSA) is 49.6 Å². The smallest absolute Gasteiger partial charge is 0.227 e. The summed E-state index contributed by atoms with van der Waals surface area (Å²) in [6.45, 7) is 4.65. The lowest BCUT2D eigenvalue weighted by Crippen LogP contribution is -2.50. The quantitative estimate of drug-likeness (QED) is 0.864. The number of hydrogen-bond donors (Lipinski definition) is 1. The SMILES string of the molecule is NCCc1ccc(CN2C[C@H]3CC[C@@H](C2)N(CC2CCC2)C3=O)cc1. The molecule has 1 amide bonds. The van der Waals surface area contributed by atoms with Gasteiger partial charge in [-0.05, 0) is 55.7 Å². The van der Waals surface area contributed by atoms with Gasteiger partial charge >= 0.3 is 0 Å². The average molecular weight is 341 g/mol. The molecule has 5 rings (SSSR count). The number of benzene rings is 1. The Bertz CT molecular complexity index is 596. The highest BCUT2D eigenvalue weighted by Gasteiger charge is 2.41. The van der Waals surface area contributed by atoms with Crippen molar-refractivity contribution in [1.29, 1.82) is 0 Å². The third-order valence-electron chi connectivity index (χ3n) is 6.41. The monoisotopic (exact) mass is 341 g/mol. The van der Waals surface area contributed by atoms with Crippen LogP contribution in [0.1, 0.15) is 43.2 Å². The molecule has 1 saturated carbocycles. The van der Waals surface area contributed by atoms with E-state index in [1.54, 1.807) is 0 Å². The molecule has 0 unspecified atom stereocenters. The second-order valence-electron chi connectivity index (χ2n) is 8.26. The number of amides is 1. The van der Waals surface area contributed by atoms with Crippen LogP contribution in [0, 0.1) is 11.8 Å². The van der Waals surface area contributed by atoms with Crippen LogP contribution in [0.4, 0.5) is 0 Å². The van der Waals surface area contributed by atoms with Crippen LogP contribution in [-0.4, -0.2) is 47.9 Å². The van der Waals surface area contributed by atoms with E-state index in [2.05, 4.69) is 34.1 Å². The summed E-state index contributed by atoms with van der Waals surface area (Å²) < 4.78 is 0. The van der Waals surface area contributed by atoms with E-state index in [9.17, 15) is 4.79 Å². The maximum Gasteiger partial charge on any atom is 0.227 e. The number of carbonyl (C=O) groups excluding carboxylic acids is 1. The third-order valence-corrected chi connectivity index (χ3v) is 6.41. The van der Waals surface area contributed by atoms with Crippen molar-refractivity contribution in [2.45, 2.75) is 51.1 Å². The van der Waals surface area contributed by atoms with E-state index < -0.39 is 0 Å². The fraction of sp³-hybridized carbons (Fsp3) is 0.667. The maximum absolute atomic E-state index is 12.9. The van der Waals surface area contributed by atoms with Crippen LogP contribution in [0.15, 0.2) is 24.3 Å². The fourth-order valence-corrected chi connectivity index (χ4v) is 4.69. The van der Waals surface area contributed by atoms with E-state index >= 15 is 0 Å². The average Bonchev–Trinajstić information content (AvgIpc) is 2.84. The van der Waals surface area contributed by atoms with Gasteiger partial charge in [0.2, 0.25) is 5.91 Å². The molecule has 0 radical (unpaired) electrons. The van der Waals surface area contributed by atoms with Crippen molar-refractivity contribution in [3.05, 3.63) is 35.4 Å². The lowest BCUT2D eigenvalue weighted by molar-refractivity contribution is -0.141. The fourth-order valence-electron chi connectivity index (χ4n) is 4.69. The molecule has 2 bridgehead atoms. The molecule has 3 aliphatic heterocycles. The molecule has 4 aliphatic rings. The molecule has 2 N–H and O–H groups in total. The van der Waals surface area contributed by atoms with E-state index in [1.807, 2.05) is 0 Å². The molecule has 3 heterocycles. The Morgan fingerprint density at radius 3 is 2.44 bits per heavy atom. The van der Waals surface area contributed by atoms with Gasteiger partial charge in [-0.1, -0.05) is 30.7 Å². The predicted molar refractivity (Wildman–Crippen MR) is 100 cm³/mol. The Hall–Kier alpha value is -1.39. The molecule has 1 aromatic carbocycles. The van der Waals surface area contributed by atoms with Gasteiger partial charge in [-0.15, -0.1) is 0 Å². The summed E-state index contributed by atoms with van der Waals surface area (Å²) in [7, 11) is 0. The number of piperidine rings is 1. The number of rotatable bonds is 6. The molecule has 1 aliphatic carbocycles. The van der Waals surface area contributed by atoms with Gasteiger partial charge in [-0.2, -0.15) is 0 Å². The van der Waals surface area contributed by atoms with Gasteiger partial charge < -0.3 is 10.6 Å². The van der Waals surface area contributed by atoms with E-state index in [0.29, 0.717) is 18.5 Å². The first-order valence-electron chi connectivity index (χ1n) is 10.0. The van der Waals surface area contributed by atoms with Crippen molar-refractivity contribution in [2.75, 3.05) is 26.2 Å². The molecule has 0 aromatic heterocycles. The maximum atomic E-state index is 12.9. The number of hydrogen-bond acceptors (Lipinski definition) is 3. The molecule has 136 valence electrons. The summed E-state index contributed by atoms with van der Waals surface area (Å²) in [4.78, 5) is 17.6. The van der Waals surface area contributed by atoms with Crippen LogP contribution in [0.25, 0.3) is 0 Å². The minimum Gasteiger partial charge on any atom is -0.338 e. The van der Waals surface area contributed by atoms with E-state index in [4.69, 9.17) is 5.73 Å². The molecule has 25 heavy (non-hydrogen) atoms. The minimum atomic E-state index is 0.218. The molecule has 0 spiro atoms. The predicted octanol–water partition coefficient (Wildman–Crippen LogP) is 2.41. The van der Waals surface area contributed by atoms with E-state index in [-0.39, 0.29) is 5.92 Å². The largest absolute Gasteiger partial charge is 0.338 e. The Balaban J connectivity index is 1.41. The highest BCUT2D eigenvalue weighted by atomic mass is 16.2. The molecule has 3 saturated heterocycles. The minimum absolute atomic E-state index is 0.218. The van der Waals surface area contributed by atoms with Crippen LogP contribution in [-0.2, 0) is 17.8 Å². The molecule has 2 atom stereocenters. The third kappa shape index (κ3) is 3.75. The zero-order valence-corrected chi connectivity index (χ0v) is 15.2. The standard InChI is InChI=1S/C21H31N3O/c22-11-10-16-4-6-18(7-5-16)12-23-14-19-8-9-20(15-23)24(21(19)25)13-17-2-1-3-17/h4-7,17,19-20H,1-3,8-15,22H2/t19-,20+/m1/s1. The van der Waals surface area contributed by atoms with Gasteiger partial charge in [0.05, 0.1) is 5.92 Å². The van der Waals surface area contributed by atoms with Crippen molar-refractivity contribution < 1.29 is 4.79 Å². The Labute approximate surface area is 151 Å². The first-order chi connectivity index (χ1) is 12.2. The lowest BCUT2D eigenvalue weighted by Gasteiger charge is -2.40. The van der Waals surface area contributed by atoms with E-state index in [0.717, 1.165) is 44.9 Å². The highest BCUT2D eigenvalue weighted by molar-refractivity contribution is 5.80. The molecule has 4 nitrogen and oxygen atoms in total. The summed E-state index contributed by atoms with van der Waals surface area (Å²) >= 11 is 0. The van der Waals surface area contributed by atoms with Crippen LogP contribution in [0.3, 0.4) is 0 Å². The zero-order chi connectivity index (χ0) is 17.2. The van der Waals surface area contributed by atoms with Crippen molar-refractivity contribution in [1.82, 2.24) is 9.80 Å². The Kier molecular flexibility index (Phi) is 5.09. The van der Waals surface area contributed by atoms with Gasteiger partial charge in [0.15, 0.2) is 0 Å². The summed E-state index contributed by atoms with van der Waals surface area (Å²) in [6.07, 6.45) is 7.21.